The highest BCUT2D eigenvalue weighted by Crippen LogP contribution is 2.31. The average Bonchev–Trinajstić information content (AvgIpc) is 3.45. The van der Waals surface area contributed by atoms with E-state index in [1.54, 1.807) is 16.2 Å². The molecule has 0 radical (unpaired) electrons. The molecule has 1 saturated carbocycles. The van der Waals surface area contributed by atoms with Crippen molar-refractivity contribution in [1.29, 1.82) is 0 Å². The Hall–Kier alpha value is -2.38. The molecule has 0 unspecified atom stereocenters. The number of carbonyl (C=O) groups excluding carboxylic acids is 2. The van der Waals surface area contributed by atoms with Gasteiger partial charge in [-0.15, -0.1) is 11.3 Å². The first-order valence-corrected chi connectivity index (χ1v) is 12.7. The zero-order valence-electron chi connectivity index (χ0n) is 18.2. The number of nitrogens with zero attached hydrogens (tertiary/aromatic N) is 2. The van der Waals surface area contributed by atoms with Crippen molar-refractivity contribution in [2.24, 2.45) is 7.05 Å². The minimum absolute atomic E-state index is 0.0974. The molecule has 1 N–H and O–H groups in total. The number of benzene rings is 1. The van der Waals surface area contributed by atoms with Crippen molar-refractivity contribution in [3.63, 3.8) is 0 Å². The summed E-state index contributed by atoms with van der Waals surface area (Å²) in [6.45, 7) is 0. The van der Waals surface area contributed by atoms with Gasteiger partial charge in [0.05, 0.1) is 12.1 Å². The monoisotopic (exact) mass is 513 g/mol. The van der Waals surface area contributed by atoms with Gasteiger partial charge in [-0.2, -0.15) is 0 Å². The maximum Gasteiger partial charge on any atom is 0.249 e. The second-order valence-corrected chi connectivity index (χ2v) is 10.2. The van der Waals surface area contributed by atoms with Crippen LogP contribution in [-0.4, -0.2) is 22.4 Å². The Kier molecular flexibility index (Phi) is 7.48. The van der Waals surface area contributed by atoms with Gasteiger partial charge in [-0.25, -0.2) is 0 Å². The number of aromatic nitrogens is 1. The lowest BCUT2D eigenvalue weighted by molar-refractivity contribution is -0.127. The van der Waals surface area contributed by atoms with Crippen LogP contribution in [0.2, 0.25) is 0 Å². The first-order chi connectivity index (χ1) is 15.5. The summed E-state index contributed by atoms with van der Waals surface area (Å²) >= 11 is 5.03. The van der Waals surface area contributed by atoms with Crippen LogP contribution in [0.25, 0.3) is 0 Å². The normalized spacial score (nSPS) is 15.3. The Balaban J connectivity index is 1.72. The van der Waals surface area contributed by atoms with Crippen molar-refractivity contribution < 1.29 is 9.59 Å². The molecule has 32 heavy (non-hydrogen) atoms. The summed E-state index contributed by atoms with van der Waals surface area (Å²) in [4.78, 5) is 30.0. The van der Waals surface area contributed by atoms with Crippen molar-refractivity contribution in [2.75, 3.05) is 4.90 Å². The van der Waals surface area contributed by atoms with Crippen LogP contribution >= 0.6 is 27.3 Å². The standard InChI is InChI=1S/C25H28BrN3O2S/c1-28-15-5-10-22(28)24(25(31)27-19-7-3-2-4-8-19)29(20-13-11-18(26)12-14-20)23(30)17-21-9-6-16-32-21/h5-6,9-16,19,24H,2-4,7-8,17H2,1H3,(H,27,31)/t24-/m0/s1. The number of hydrogen-bond donors (Lipinski definition) is 1. The Morgan fingerprint density at radius 1 is 1.12 bits per heavy atom. The van der Waals surface area contributed by atoms with Crippen molar-refractivity contribution in [2.45, 2.75) is 50.6 Å². The van der Waals surface area contributed by atoms with E-state index in [-0.39, 0.29) is 24.3 Å². The second kappa shape index (κ2) is 10.5. The van der Waals surface area contributed by atoms with Crippen LogP contribution in [0.1, 0.15) is 48.7 Å². The Morgan fingerprint density at radius 3 is 2.50 bits per heavy atom. The van der Waals surface area contributed by atoms with Crippen LogP contribution < -0.4 is 10.2 Å². The van der Waals surface area contributed by atoms with Crippen LogP contribution in [0.4, 0.5) is 5.69 Å². The number of thiophene rings is 1. The lowest BCUT2D eigenvalue weighted by Gasteiger charge is -2.33. The van der Waals surface area contributed by atoms with E-state index in [1.807, 2.05) is 71.7 Å². The number of anilines is 1. The topological polar surface area (TPSA) is 54.3 Å². The maximum absolute atomic E-state index is 13.7. The van der Waals surface area contributed by atoms with Gasteiger partial charge in [0, 0.05) is 34.3 Å². The zero-order valence-corrected chi connectivity index (χ0v) is 20.6. The van der Waals surface area contributed by atoms with Gasteiger partial charge in [0.15, 0.2) is 6.04 Å². The highest BCUT2D eigenvalue weighted by Gasteiger charge is 2.35. The molecule has 1 atom stereocenters. The average molecular weight is 514 g/mol. The number of halogens is 1. The maximum atomic E-state index is 13.7. The molecule has 2 amide bonds. The van der Waals surface area contributed by atoms with E-state index in [2.05, 4.69) is 21.2 Å². The third-order valence-corrected chi connectivity index (χ3v) is 7.41. The summed E-state index contributed by atoms with van der Waals surface area (Å²) < 4.78 is 2.85. The van der Waals surface area contributed by atoms with E-state index in [1.165, 1.54) is 6.42 Å². The predicted molar refractivity (Wildman–Crippen MR) is 133 cm³/mol. The van der Waals surface area contributed by atoms with Crippen LogP contribution in [0.3, 0.4) is 0 Å². The molecule has 0 spiro atoms. The molecule has 0 aliphatic heterocycles. The van der Waals surface area contributed by atoms with Crippen molar-refractivity contribution in [1.82, 2.24) is 9.88 Å². The first kappa shape index (κ1) is 22.8. The van der Waals surface area contributed by atoms with Crippen molar-refractivity contribution in [3.05, 3.63) is 75.2 Å². The van der Waals surface area contributed by atoms with E-state index < -0.39 is 6.04 Å². The molecule has 2 aromatic heterocycles. The van der Waals surface area contributed by atoms with E-state index >= 15 is 0 Å². The fourth-order valence-electron chi connectivity index (χ4n) is 4.36. The summed E-state index contributed by atoms with van der Waals surface area (Å²) in [6, 6.07) is 14.8. The minimum Gasteiger partial charge on any atom is -0.352 e. The summed E-state index contributed by atoms with van der Waals surface area (Å²) in [6.07, 6.45) is 7.64. The molecule has 1 aliphatic rings. The number of amides is 2. The summed E-state index contributed by atoms with van der Waals surface area (Å²) in [5.41, 5.74) is 1.50. The van der Waals surface area contributed by atoms with Gasteiger partial charge in [-0.3, -0.25) is 14.5 Å². The van der Waals surface area contributed by atoms with Gasteiger partial charge < -0.3 is 9.88 Å². The summed E-state index contributed by atoms with van der Waals surface area (Å²) in [5.74, 6) is -0.221. The molecule has 1 aliphatic carbocycles. The molecule has 2 heterocycles. The third-order valence-electron chi connectivity index (χ3n) is 6.00. The molecular weight excluding hydrogens is 486 g/mol. The Morgan fingerprint density at radius 2 is 1.88 bits per heavy atom. The fourth-order valence-corrected chi connectivity index (χ4v) is 5.32. The quantitative estimate of drug-likeness (QED) is 0.445. The molecule has 3 aromatic rings. The first-order valence-electron chi connectivity index (χ1n) is 11.0. The summed E-state index contributed by atoms with van der Waals surface area (Å²) in [7, 11) is 1.92. The zero-order chi connectivity index (χ0) is 22.5. The van der Waals surface area contributed by atoms with Gasteiger partial charge in [-0.05, 0) is 60.7 Å². The van der Waals surface area contributed by atoms with E-state index in [4.69, 9.17) is 0 Å². The van der Waals surface area contributed by atoms with Crippen LogP contribution in [-0.2, 0) is 23.1 Å². The number of aryl methyl sites for hydroxylation is 1. The highest BCUT2D eigenvalue weighted by atomic mass is 79.9. The van der Waals surface area contributed by atoms with Crippen molar-refractivity contribution in [3.8, 4) is 0 Å². The van der Waals surface area contributed by atoms with Gasteiger partial charge >= 0.3 is 0 Å². The van der Waals surface area contributed by atoms with Gasteiger partial charge in [0.1, 0.15) is 0 Å². The lowest BCUT2D eigenvalue weighted by atomic mass is 9.95. The minimum atomic E-state index is -0.745. The van der Waals surface area contributed by atoms with Crippen LogP contribution in [0.5, 0.6) is 0 Å². The van der Waals surface area contributed by atoms with E-state index in [0.717, 1.165) is 40.7 Å². The molecule has 4 rings (SSSR count). The molecule has 5 nitrogen and oxygen atoms in total. The largest absolute Gasteiger partial charge is 0.352 e. The smallest absolute Gasteiger partial charge is 0.249 e. The summed E-state index contributed by atoms with van der Waals surface area (Å²) in [5, 5.41) is 5.23. The Labute approximate surface area is 201 Å². The molecule has 0 saturated heterocycles. The molecule has 7 heteroatoms. The molecule has 1 fully saturated rings. The number of hydrogen-bond acceptors (Lipinski definition) is 3. The van der Waals surface area contributed by atoms with Gasteiger partial charge in [-0.1, -0.05) is 41.3 Å². The SMILES string of the molecule is Cn1cccc1[C@@H](C(=O)NC1CCCCC1)N(C(=O)Cc1cccs1)c1ccc(Br)cc1. The predicted octanol–water partition coefficient (Wildman–Crippen LogP) is 5.62. The van der Waals surface area contributed by atoms with Crippen LogP contribution in [0, 0.1) is 0 Å². The third kappa shape index (κ3) is 5.33. The van der Waals surface area contributed by atoms with E-state index in [0.29, 0.717) is 5.69 Å². The van der Waals surface area contributed by atoms with E-state index in [9.17, 15) is 9.59 Å². The van der Waals surface area contributed by atoms with Crippen LogP contribution in [0.15, 0.2) is 64.6 Å². The van der Waals surface area contributed by atoms with Gasteiger partial charge in [0.2, 0.25) is 11.8 Å². The number of rotatable bonds is 7. The number of carbonyl (C=O) groups is 2. The molecule has 1 aromatic carbocycles. The number of nitrogens with one attached hydrogen (secondary N) is 1. The highest BCUT2D eigenvalue weighted by molar-refractivity contribution is 9.10. The lowest BCUT2D eigenvalue weighted by Crippen LogP contribution is -2.48. The molecule has 0 bridgehead atoms. The molecular formula is C25H28BrN3O2S. The second-order valence-electron chi connectivity index (χ2n) is 8.29. The Bertz CT molecular complexity index is 1040. The van der Waals surface area contributed by atoms with Crippen molar-refractivity contribution >= 4 is 44.8 Å². The molecule has 168 valence electrons. The fraction of sp³-hybridized carbons (Fsp3) is 0.360. The van der Waals surface area contributed by atoms with Gasteiger partial charge in [0.25, 0.3) is 0 Å².